The lowest BCUT2D eigenvalue weighted by atomic mass is 9.97. The summed E-state index contributed by atoms with van der Waals surface area (Å²) in [7, 11) is 0. The smallest absolute Gasteiger partial charge is 0.302 e. The molecule has 7 N–H and O–H groups in total. The van der Waals surface area contributed by atoms with Crippen molar-refractivity contribution in [3.8, 4) is 28.6 Å². The summed E-state index contributed by atoms with van der Waals surface area (Å²) in [6.07, 6.45) is -15.7. The minimum atomic E-state index is -1.87. The van der Waals surface area contributed by atoms with Gasteiger partial charge in [-0.15, -0.1) is 0 Å². The van der Waals surface area contributed by atoms with Gasteiger partial charge in [0, 0.05) is 30.7 Å². The molecule has 0 bridgehead atoms. The van der Waals surface area contributed by atoms with Gasteiger partial charge in [0.1, 0.15) is 83.3 Å². The topological polar surface area (TPSA) is 235 Å². The van der Waals surface area contributed by atoms with Crippen molar-refractivity contribution in [2.45, 2.75) is 75.3 Å². The first-order chi connectivity index (χ1) is 20.8. The van der Waals surface area contributed by atoms with Crippen LogP contribution in [0.5, 0.6) is 17.2 Å². The van der Waals surface area contributed by atoms with E-state index < -0.39 is 79.4 Å². The van der Waals surface area contributed by atoms with Crippen LogP contribution in [-0.4, -0.2) is 110 Å². The van der Waals surface area contributed by atoms with Gasteiger partial charge in [0.25, 0.3) is 0 Å². The van der Waals surface area contributed by atoms with E-state index in [1.54, 1.807) is 0 Å². The summed E-state index contributed by atoms with van der Waals surface area (Å²) < 4.78 is 33.6. The first-order valence-electron chi connectivity index (χ1n) is 13.6. The molecule has 44 heavy (non-hydrogen) atoms. The first-order valence-corrected chi connectivity index (χ1v) is 13.6. The SMILES string of the molecule is CC(=O)OC[C@H]1O[C@@H](Oc2cc(O)cc3oc(-c4ccc(O)cc4)cc(=O)c23)[C@H](O)[C@H](O)[C@@H]1O[C@@H]1O[C@H](C)[C@@H](O)[C@@H](O)[C@H]1O. The molecule has 15 heteroatoms. The summed E-state index contributed by atoms with van der Waals surface area (Å²) in [6.45, 7) is 2.02. The molecule has 0 radical (unpaired) electrons. The van der Waals surface area contributed by atoms with E-state index in [1.165, 1.54) is 43.3 Å². The number of phenolic OH excluding ortho intramolecular Hbond substituents is 2. The van der Waals surface area contributed by atoms with E-state index in [4.69, 9.17) is 28.1 Å². The predicted octanol–water partition coefficient (Wildman–Crippen LogP) is -0.528. The van der Waals surface area contributed by atoms with Gasteiger partial charge in [-0.3, -0.25) is 9.59 Å². The molecule has 0 amide bonds. The van der Waals surface area contributed by atoms with Gasteiger partial charge in [0.2, 0.25) is 6.29 Å². The number of fused-ring (bicyclic) bond motifs is 1. The molecule has 1 aromatic heterocycles. The number of phenols is 2. The minimum absolute atomic E-state index is 0.00600. The van der Waals surface area contributed by atoms with Crippen LogP contribution in [0.15, 0.2) is 51.7 Å². The number of ether oxygens (including phenoxy) is 5. The van der Waals surface area contributed by atoms with E-state index in [9.17, 15) is 45.3 Å². The van der Waals surface area contributed by atoms with Crippen LogP contribution >= 0.6 is 0 Å². The summed E-state index contributed by atoms with van der Waals surface area (Å²) >= 11 is 0. The van der Waals surface area contributed by atoms with Crippen molar-refractivity contribution in [2.75, 3.05) is 6.61 Å². The first kappa shape index (κ1) is 31.6. The number of carbonyl (C=O) groups excluding carboxylic acids is 1. The van der Waals surface area contributed by atoms with Gasteiger partial charge in [-0.1, -0.05) is 0 Å². The quantitative estimate of drug-likeness (QED) is 0.165. The lowest BCUT2D eigenvalue weighted by molar-refractivity contribution is -0.349. The Labute approximate surface area is 249 Å². The molecule has 0 unspecified atom stereocenters. The Hall–Kier alpha value is -3.80. The summed E-state index contributed by atoms with van der Waals surface area (Å²) in [5, 5.41) is 72.3. The van der Waals surface area contributed by atoms with E-state index in [2.05, 4.69) is 0 Å². The molecule has 2 fully saturated rings. The maximum atomic E-state index is 13.2. The van der Waals surface area contributed by atoms with Gasteiger partial charge in [-0.05, 0) is 31.2 Å². The van der Waals surface area contributed by atoms with Crippen LogP contribution in [0, 0.1) is 0 Å². The Balaban J connectivity index is 1.43. The number of hydrogen-bond acceptors (Lipinski definition) is 15. The van der Waals surface area contributed by atoms with Crippen LogP contribution < -0.4 is 10.2 Å². The third-order valence-corrected chi connectivity index (χ3v) is 7.37. The second-order valence-electron chi connectivity index (χ2n) is 10.6. The molecular formula is C29H32O15. The van der Waals surface area contributed by atoms with E-state index in [1.807, 2.05) is 0 Å². The van der Waals surface area contributed by atoms with E-state index in [0.29, 0.717) is 5.56 Å². The number of aliphatic hydroxyl groups is 5. The molecule has 3 heterocycles. The second kappa shape index (κ2) is 12.7. The van der Waals surface area contributed by atoms with Gasteiger partial charge in [-0.25, -0.2) is 0 Å². The largest absolute Gasteiger partial charge is 0.508 e. The van der Waals surface area contributed by atoms with Gasteiger partial charge in [-0.2, -0.15) is 0 Å². The van der Waals surface area contributed by atoms with Crippen LogP contribution in [0.25, 0.3) is 22.3 Å². The van der Waals surface area contributed by atoms with Gasteiger partial charge in [0.05, 0.1) is 6.10 Å². The Bertz CT molecular complexity index is 1540. The van der Waals surface area contributed by atoms with Crippen molar-refractivity contribution < 1.29 is 68.6 Å². The fraction of sp³-hybridized carbons (Fsp3) is 0.448. The fourth-order valence-electron chi connectivity index (χ4n) is 5.01. The zero-order valence-electron chi connectivity index (χ0n) is 23.4. The number of hydrogen-bond donors (Lipinski definition) is 7. The van der Waals surface area contributed by atoms with Crippen LogP contribution in [0.2, 0.25) is 0 Å². The van der Waals surface area contributed by atoms with Crippen LogP contribution in [0.4, 0.5) is 0 Å². The van der Waals surface area contributed by atoms with Crippen LogP contribution in [0.1, 0.15) is 13.8 Å². The van der Waals surface area contributed by atoms with E-state index >= 15 is 0 Å². The van der Waals surface area contributed by atoms with E-state index in [0.717, 1.165) is 13.0 Å². The molecule has 15 nitrogen and oxygen atoms in total. The summed E-state index contributed by atoms with van der Waals surface area (Å²) in [5.41, 5.74) is -0.215. The number of aliphatic hydroxyl groups excluding tert-OH is 5. The van der Waals surface area contributed by atoms with Gasteiger partial charge in [0.15, 0.2) is 11.7 Å². The molecule has 0 aliphatic carbocycles. The molecule has 0 spiro atoms. The summed E-state index contributed by atoms with van der Waals surface area (Å²) in [4.78, 5) is 24.8. The summed E-state index contributed by atoms with van der Waals surface area (Å²) in [5.74, 6) is -1.23. The number of benzene rings is 2. The number of aromatic hydroxyl groups is 2. The highest BCUT2D eigenvalue weighted by atomic mass is 16.7. The van der Waals surface area contributed by atoms with Crippen molar-refractivity contribution in [1.29, 1.82) is 0 Å². The third kappa shape index (κ3) is 6.36. The van der Waals surface area contributed by atoms with Crippen molar-refractivity contribution in [3.05, 3.63) is 52.7 Å². The third-order valence-electron chi connectivity index (χ3n) is 7.37. The zero-order valence-corrected chi connectivity index (χ0v) is 23.4. The molecular weight excluding hydrogens is 588 g/mol. The average molecular weight is 621 g/mol. The Morgan fingerprint density at radius 2 is 1.52 bits per heavy atom. The fourth-order valence-corrected chi connectivity index (χ4v) is 5.01. The molecule has 5 rings (SSSR count). The molecule has 2 aromatic carbocycles. The standard InChI is InChI=1S/C29H32O15/c1-11-22(34)23(35)25(37)28(40-11)44-27-20(10-39-12(2)30)43-29(26(38)24(27)36)42-19-8-15(32)7-18-21(19)16(33)9-17(41-18)13-3-5-14(31)6-4-13/h3-9,11,20,22-29,31-32,34-38H,10H2,1-2H3/t11-,20-,22-,23-,24+,25-,26-,27-,28+,29-/m1/s1. The molecule has 238 valence electrons. The van der Waals surface area contributed by atoms with Crippen LogP contribution in [-0.2, 0) is 23.7 Å². The van der Waals surface area contributed by atoms with Crippen molar-refractivity contribution in [2.24, 2.45) is 0 Å². The highest BCUT2D eigenvalue weighted by Gasteiger charge is 2.51. The highest BCUT2D eigenvalue weighted by Crippen LogP contribution is 2.35. The molecule has 2 aliphatic rings. The number of rotatable bonds is 7. The van der Waals surface area contributed by atoms with E-state index in [-0.39, 0.29) is 34.0 Å². The van der Waals surface area contributed by atoms with Crippen molar-refractivity contribution in [3.63, 3.8) is 0 Å². The Morgan fingerprint density at radius 3 is 2.20 bits per heavy atom. The predicted molar refractivity (Wildman–Crippen MR) is 146 cm³/mol. The maximum absolute atomic E-state index is 13.2. The minimum Gasteiger partial charge on any atom is -0.508 e. The molecule has 10 atom stereocenters. The number of carbonyl (C=O) groups is 1. The average Bonchev–Trinajstić information content (AvgIpc) is 2.97. The molecule has 2 aliphatic heterocycles. The second-order valence-corrected chi connectivity index (χ2v) is 10.6. The van der Waals surface area contributed by atoms with Crippen molar-refractivity contribution >= 4 is 16.9 Å². The Morgan fingerprint density at radius 1 is 0.841 bits per heavy atom. The monoisotopic (exact) mass is 620 g/mol. The normalized spacial score (nSPS) is 32.3. The van der Waals surface area contributed by atoms with Gasteiger partial charge >= 0.3 is 5.97 Å². The lowest BCUT2D eigenvalue weighted by Gasteiger charge is -2.45. The lowest BCUT2D eigenvalue weighted by Crippen LogP contribution is -2.64. The van der Waals surface area contributed by atoms with Crippen molar-refractivity contribution in [1.82, 2.24) is 0 Å². The zero-order chi connectivity index (χ0) is 31.9. The highest BCUT2D eigenvalue weighted by molar-refractivity contribution is 5.86. The maximum Gasteiger partial charge on any atom is 0.302 e. The summed E-state index contributed by atoms with van der Waals surface area (Å²) in [6, 6.07) is 9.27. The van der Waals surface area contributed by atoms with Gasteiger partial charge < -0.3 is 63.8 Å². The molecule has 2 saturated heterocycles. The number of esters is 1. The molecule has 3 aromatic rings. The Kier molecular flexibility index (Phi) is 9.10. The molecule has 0 saturated carbocycles. The van der Waals surface area contributed by atoms with Crippen LogP contribution in [0.3, 0.4) is 0 Å².